The predicted molar refractivity (Wildman–Crippen MR) is 528 cm³/mol. The summed E-state index contributed by atoms with van der Waals surface area (Å²) in [6, 6.07) is 35.5. The van der Waals surface area contributed by atoms with E-state index in [1.807, 2.05) is 184 Å². The maximum atomic E-state index is 13.6. The van der Waals surface area contributed by atoms with E-state index in [4.69, 9.17) is 64.2 Å². The number of halogens is 4. The fourth-order valence-electron chi connectivity index (χ4n) is 16.6. The van der Waals surface area contributed by atoms with E-state index in [-0.39, 0.29) is 54.4 Å². The number of fused-ring (bicyclic) bond motifs is 12. The quantitative estimate of drug-likeness (QED) is 0.0563. The van der Waals surface area contributed by atoms with Gasteiger partial charge in [-0.15, -0.1) is 86.1 Å². The highest BCUT2D eigenvalue weighted by Crippen LogP contribution is 2.45. The smallest absolute Gasteiger partial charge is 0.308 e. The second-order valence-corrected chi connectivity index (χ2v) is 40.5. The number of rotatable bonds is 21. The molecule has 0 spiro atoms. The number of nitrogens with one attached hydrogen (secondary N) is 3. The number of carbonyl (C=O) groups excluding carboxylic acids is 4. The average molecular weight is 1940 g/mol. The normalized spacial score (nSPS) is 15.8. The van der Waals surface area contributed by atoms with Crippen LogP contribution in [0.15, 0.2) is 166 Å². The first-order valence-corrected chi connectivity index (χ1v) is 48.7. The van der Waals surface area contributed by atoms with Gasteiger partial charge in [-0.3, -0.25) is 62.3 Å². The number of amides is 3. The minimum atomic E-state index is -0.596. The number of hydrogen-bond donors (Lipinski definition) is 3. The Bertz CT molecular complexity index is 6800. The molecule has 5 aliphatic heterocycles. The number of aromatic nitrogens is 14. The van der Waals surface area contributed by atoms with Crippen LogP contribution in [0.5, 0.6) is 0 Å². The molecule has 4 aromatic carbocycles. The Morgan fingerprint density at radius 3 is 1.07 bits per heavy atom. The molecule has 15 heterocycles. The highest BCUT2D eigenvalue weighted by atomic mass is 35.5. The summed E-state index contributed by atoms with van der Waals surface area (Å²) in [5, 5.41) is 50.4. The van der Waals surface area contributed by atoms with Gasteiger partial charge in [0.05, 0.1) is 48.9 Å². The van der Waals surface area contributed by atoms with Gasteiger partial charge in [0, 0.05) is 169 Å². The highest BCUT2D eigenvalue weighted by molar-refractivity contribution is 7.16. The molecule has 0 radical (unpaired) electrons. The Labute approximate surface area is 807 Å². The zero-order valence-corrected chi connectivity index (χ0v) is 82.7. The standard InChI is InChI=1S/C25H29ClN6O2S.2C25H25ClN6OS.C23H25FN4O2S/c1-15-16(2)35-25-22(15)23(18-4-6-19(26)7-5-18)28-20(24-30-29-17(3)32(24)25)14-27-21(33)8-9-31-10-12-34-13-11-31;1-15-16(2)34-25-22(15)23(18-6-8-19(26)9-7-18)28-20(24-30-29-17(3)32(24)25)14-21(33)27-10-13-31-11-4-5-12-31;1-15-16(2)34-25-22(15)23(18-6-8-19(26)9-7-18)28-20(24-30-29-17(3)32(24)25)14-27-21(33)10-13-31-11-4-5-12-31;1-12-13(2)31-22-19(12)20(15-7-9-16(24)10-8-15)25-17(11-18(29)30-23(4,5)6)21-27-26-14(3)28(21)22/h4-7,20H,8-14H2,1-3H3,(H,27,33);2*4-9,11-12,20H,10,13-14H2,1-3H3,(H,27,33);7-10,17H,11H2,1-6H3/t3*20-;17-/m0000/s1. The lowest BCUT2D eigenvalue weighted by Crippen LogP contribution is -2.39. The number of benzene rings is 4. The van der Waals surface area contributed by atoms with Crippen LogP contribution >= 0.6 is 80.1 Å². The minimum absolute atomic E-state index is 0.00793. The summed E-state index contributed by atoms with van der Waals surface area (Å²) >= 11 is 25.3. The number of ether oxygens (including phenoxy) is 2. The lowest BCUT2D eigenvalue weighted by atomic mass is 9.99. The number of morpholine rings is 1. The van der Waals surface area contributed by atoms with Crippen LogP contribution in [0.2, 0.25) is 15.1 Å². The summed E-state index contributed by atoms with van der Waals surface area (Å²) in [5.41, 5.74) is 15.3. The van der Waals surface area contributed by atoms with Crippen LogP contribution < -0.4 is 16.0 Å². The molecule has 0 unspecified atom stereocenters. The highest BCUT2D eigenvalue weighted by Gasteiger charge is 2.39. The van der Waals surface area contributed by atoms with Gasteiger partial charge in [0.15, 0.2) is 23.3 Å². The molecule has 1 saturated heterocycles. The molecule has 0 aliphatic carbocycles. The average Bonchev–Trinajstić information content (AvgIpc) is 1.61. The molecule has 4 atom stereocenters. The SMILES string of the molecule is Cc1sc2c(c1C)C(c1ccc(Cl)cc1)=N[C@@H](CC(=O)NCCn1cccc1)c1nnc(C)n1-2.Cc1sc2c(c1C)C(c1ccc(Cl)cc1)=N[C@@H](CNC(=O)CCN1CCOCC1)c1nnc(C)n1-2.Cc1sc2c(c1C)C(c1ccc(Cl)cc1)=N[C@@H](CNC(=O)CCn1cccc1)c1nnc(C)n1-2.Cc1sc2c(c1C)C(c1ccc(F)cc1)=N[C@@H](CC(=O)OC(C)(C)C)c1nnc(C)n1-2. The van der Waals surface area contributed by atoms with Gasteiger partial charge in [-0.2, -0.15) is 0 Å². The van der Waals surface area contributed by atoms with Crippen molar-refractivity contribution >= 4 is 127 Å². The topological polar surface area (TPSA) is 308 Å². The largest absolute Gasteiger partial charge is 0.460 e. The van der Waals surface area contributed by atoms with Crippen molar-refractivity contribution in [1.29, 1.82) is 0 Å². The zero-order chi connectivity index (χ0) is 94.7. The summed E-state index contributed by atoms with van der Waals surface area (Å²) in [7, 11) is 0. The van der Waals surface area contributed by atoms with Crippen molar-refractivity contribution < 1.29 is 33.0 Å². The summed E-state index contributed by atoms with van der Waals surface area (Å²) in [6.45, 7) is 36.6. The number of carbonyl (C=O) groups is 4. The van der Waals surface area contributed by atoms with Crippen molar-refractivity contribution in [3.63, 3.8) is 0 Å². The van der Waals surface area contributed by atoms with Gasteiger partial charge in [0.2, 0.25) is 17.7 Å². The Balaban J connectivity index is 0.000000130. The number of aryl methyl sites for hydroxylation is 9. The van der Waals surface area contributed by atoms with Crippen molar-refractivity contribution in [2.24, 2.45) is 20.0 Å². The van der Waals surface area contributed by atoms with Crippen LogP contribution in [0, 0.1) is 88.9 Å². The van der Waals surface area contributed by atoms with Crippen LogP contribution in [0.3, 0.4) is 0 Å². The fraction of sp³-hybridized carbons (Fsp3) is 0.347. The van der Waals surface area contributed by atoms with Gasteiger partial charge < -0.3 is 34.6 Å². The Kier molecular flexibility index (Phi) is 29.2. The molecule has 19 rings (SSSR count). The Morgan fingerprint density at radius 1 is 0.410 bits per heavy atom. The van der Waals surface area contributed by atoms with E-state index < -0.39 is 17.7 Å². The van der Waals surface area contributed by atoms with E-state index in [0.29, 0.717) is 72.3 Å². The van der Waals surface area contributed by atoms with Gasteiger partial charge in [-0.25, -0.2) is 4.39 Å². The fourth-order valence-corrected chi connectivity index (χ4v) is 21.8. The summed E-state index contributed by atoms with van der Waals surface area (Å²) in [4.78, 5) is 78.5. The zero-order valence-electron chi connectivity index (χ0n) is 77.2. The predicted octanol–water partition coefficient (Wildman–Crippen LogP) is 18.3. The lowest BCUT2D eigenvalue weighted by Gasteiger charge is -2.26. The van der Waals surface area contributed by atoms with Crippen LogP contribution in [-0.4, -0.2) is 178 Å². The van der Waals surface area contributed by atoms with Gasteiger partial charge >= 0.3 is 5.97 Å². The molecule has 0 bridgehead atoms. The van der Waals surface area contributed by atoms with Crippen molar-refractivity contribution in [2.45, 2.75) is 172 Å². The number of esters is 1. The minimum Gasteiger partial charge on any atom is -0.460 e. The molecule has 5 aliphatic rings. The molecule has 14 aromatic rings. The summed E-state index contributed by atoms with van der Waals surface area (Å²) in [5.74, 6) is 5.11. The number of hydrogen-bond acceptors (Lipinski definition) is 23. The van der Waals surface area contributed by atoms with E-state index in [1.54, 1.807) is 57.5 Å². The monoisotopic (exact) mass is 1940 g/mol. The maximum absolute atomic E-state index is 13.6. The number of nitrogens with zero attached hydrogens (tertiary/aromatic N) is 19. The van der Waals surface area contributed by atoms with Crippen molar-refractivity contribution in [2.75, 3.05) is 52.5 Å². The second kappa shape index (κ2) is 41.1. The van der Waals surface area contributed by atoms with Gasteiger partial charge in [-0.05, 0) is 211 Å². The second-order valence-electron chi connectivity index (χ2n) is 34.4. The van der Waals surface area contributed by atoms with Crippen LogP contribution in [0.4, 0.5) is 4.39 Å². The number of thiophene rings is 4. The van der Waals surface area contributed by atoms with Crippen molar-refractivity contribution in [1.82, 2.24) is 89.0 Å². The number of aliphatic imine (C=N–C) groups is 4. The van der Waals surface area contributed by atoms with E-state index >= 15 is 0 Å². The van der Waals surface area contributed by atoms with Crippen LogP contribution in [0.1, 0.15) is 203 Å². The van der Waals surface area contributed by atoms with Crippen LogP contribution in [-0.2, 0) is 41.7 Å². The third-order valence-electron chi connectivity index (χ3n) is 24.0. The molecule has 1 fully saturated rings. The lowest BCUT2D eigenvalue weighted by molar-refractivity contribution is -0.155. The van der Waals surface area contributed by atoms with Gasteiger partial charge in [0.25, 0.3) is 0 Å². The summed E-state index contributed by atoms with van der Waals surface area (Å²) in [6.07, 6.45) is 8.93. The molecule has 3 amide bonds. The molecule has 694 valence electrons. The van der Waals surface area contributed by atoms with E-state index in [2.05, 4.69) is 131 Å². The van der Waals surface area contributed by atoms with Gasteiger partial charge in [0.1, 0.15) is 78.9 Å². The van der Waals surface area contributed by atoms with Crippen molar-refractivity contribution in [3.8, 4) is 20.0 Å². The third-order valence-corrected chi connectivity index (χ3v) is 29.5. The molecule has 36 heteroatoms. The first kappa shape index (κ1) is 95.2. The van der Waals surface area contributed by atoms with Crippen molar-refractivity contribution in [3.05, 3.63) is 300 Å². The third kappa shape index (κ3) is 21.0. The van der Waals surface area contributed by atoms with Crippen LogP contribution in [0.25, 0.3) is 20.0 Å². The maximum Gasteiger partial charge on any atom is 0.308 e. The first-order chi connectivity index (χ1) is 64.3. The molecule has 0 saturated carbocycles. The molecular formula is C98H104Cl3FN22O6S4. The molecule has 28 nitrogen and oxygen atoms in total. The molecule has 10 aromatic heterocycles. The van der Waals surface area contributed by atoms with E-state index in [9.17, 15) is 23.6 Å². The van der Waals surface area contributed by atoms with Gasteiger partial charge in [-0.1, -0.05) is 71.2 Å². The Morgan fingerprint density at radius 2 is 0.724 bits per heavy atom. The van der Waals surface area contributed by atoms with E-state index in [1.165, 1.54) is 43.5 Å². The Hall–Kier alpha value is -11.9. The molecule has 134 heavy (non-hydrogen) atoms. The molecular weight excluding hydrogens is 1830 g/mol. The first-order valence-electron chi connectivity index (χ1n) is 44.3. The van der Waals surface area contributed by atoms with E-state index in [0.717, 1.165) is 166 Å². The molecule has 3 N–H and O–H groups in total. The summed E-state index contributed by atoms with van der Waals surface area (Å²) < 4.78 is 36.8.